The van der Waals surface area contributed by atoms with Crippen LogP contribution < -0.4 is 10.6 Å². The lowest BCUT2D eigenvalue weighted by molar-refractivity contribution is -0.137. The van der Waals surface area contributed by atoms with Gasteiger partial charge in [-0.2, -0.15) is 13.2 Å². The molecule has 2 rings (SSSR count). The van der Waals surface area contributed by atoms with Crippen molar-refractivity contribution in [2.24, 2.45) is 0 Å². The summed E-state index contributed by atoms with van der Waals surface area (Å²) >= 11 is 0. The van der Waals surface area contributed by atoms with Crippen molar-refractivity contribution < 1.29 is 13.2 Å². The largest absolute Gasteiger partial charge is 0.417 e. The number of benzene rings is 1. The van der Waals surface area contributed by atoms with Crippen molar-refractivity contribution in [1.82, 2.24) is 5.32 Å². The zero-order chi connectivity index (χ0) is 14.0. The molecule has 0 amide bonds. The minimum atomic E-state index is -4.34. The summed E-state index contributed by atoms with van der Waals surface area (Å²) in [6, 6.07) is 2.89. The molecule has 19 heavy (non-hydrogen) atoms. The van der Waals surface area contributed by atoms with Crippen molar-refractivity contribution >= 4 is 11.3 Å². The standard InChI is InChI=1S/C14H17F3N2/c1-9(8-18-2)11-6-10-4-3-5-19-13(10)7-12(11)14(15,16)17/h6-8,18-19H,3-5H2,1-2H3/b9-8+. The highest BCUT2D eigenvalue weighted by Gasteiger charge is 2.34. The van der Waals surface area contributed by atoms with Crippen LogP contribution in [-0.4, -0.2) is 13.6 Å². The van der Waals surface area contributed by atoms with E-state index in [1.807, 2.05) is 0 Å². The van der Waals surface area contributed by atoms with E-state index in [0.29, 0.717) is 11.3 Å². The monoisotopic (exact) mass is 270 g/mol. The Morgan fingerprint density at radius 3 is 2.74 bits per heavy atom. The second-order valence-corrected chi connectivity index (χ2v) is 4.70. The maximum absolute atomic E-state index is 13.1. The SMILES string of the molecule is CN/C=C(\C)c1cc2c(cc1C(F)(F)F)NCCC2. The number of allylic oxidation sites excluding steroid dienone is 1. The first-order valence-electron chi connectivity index (χ1n) is 6.26. The van der Waals surface area contributed by atoms with Crippen molar-refractivity contribution in [1.29, 1.82) is 0 Å². The second kappa shape index (κ2) is 5.15. The number of fused-ring (bicyclic) bond motifs is 1. The van der Waals surface area contributed by atoms with Crippen molar-refractivity contribution in [3.8, 4) is 0 Å². The number of halogens is 3. The Bertz CT molecular complexity index is 504. The lowest BCUT2D eigenvalue weighted by Crippen LogP contribution is -2.16. The van der Waals surface area contributed by atoms with Crippen LogP contribution in [0.15, 0.2) is 18.3 Å². The lowest BCUT2D eigenvalue weighted by atomic mass is 9.93. The summed E-state index contributed by atoms with van der Waals surface area (Å²) in [6.45, 7) is 2.42. The Morgan fingerprint density at radius 2 is 2.11 bits per heavy atom. The molecule has 2 N–H and O–H groups in total. The molecular formula is C14H17F3N2. The molecular weight excluding hydrogens is 253 g/mol. The summed E-state index contributed by atoms with van der Waals surface area (Å²) in [4.78, 5) is 0. The number of aryl methyl sites for hydroxylation is 1. The highest BCUT2D eigenvalue weighted by atomic mass is 19.4. The minimum Gasteiger partial charge on any atom is -0.394 e. The Labute approximate surface area is 110 Å². The van der Waals surface area contributed by atoms with Gasteiger partial charge in [-0.3, -0.25) is 0 Å². The molecule has 0 unspecified atom stereocenters. The van der Waals surface area contributed by atoms with Gasteiger partial charge in [-0.1, -0.05) is 0 Å². The van der Waals surface area contributed by atoms with E-state index in [2.05, 4.69) is 10.6 Å². The van der Waals surface area contributed by atoms with Crippen LogP contribution in [0, 0.1) is 0 Å². The molecule has 0 atom stereocenters. The Balaban J connectivity index is 2.59. The number of anilines is 1. The maximum atomic E-state index is 13.1. The van der Waals surface area contributed by atoms with E-state index >= 15 is 0 Å². The molecule has 0 spiro atoms. The number of alkyl halides is 3. The fourth-order valence-electron chi connectivity index (χ4n) is 2.37. The van der Waals surface area contributed by atoms with Gasteiger partial charge >= 0.3 is 6.18 Å². The molecule has 0 bridgehead atoms. The van der Waals surface area contributed by atoms with Crippen molar-refractivity contribution in [2.45, 2.75) is 25.9 Å². The third-order valence-electron chi connectivity index (χ3n) is 3.27. The van der Waals surface area contributed by atoms with Crippen molar-refractivity contribution in [3.63, 3.8) is 0 Å². The second-order valence-electron chi connectivity index (χ2n) is 4.70. The fraction of sp³-hybridized carbons (Fsp3) is 0.429. The van der Waals surface area contributed by atoms with Gasteiger partial charge in [-0.25, -0.2) is 0 Å². The summed E-state index contributed by atoms with van der Waals surface area (Å²) in [5.74, 6) is 0. The number of nitrogens with one attached hydrogen (secondary N) is 2. The summed E-state index contributed by atoms with van der Waals surface area (Å²) in [6.07, 6.45) is -0.980. The molecule has 0 aliphatic carbocycles. The van der Waals surface area contributed by atoms with Gasteiger partial charge in [0.1, 0.15) is 0 Å². The molecule has 1 aromatic rings. The highest BCUT2D eigenvalue weighted by molar-refractivity contribution is 5.72. The van der Waals surface area contributed by atoms with Crippen LogP contribution in [0.5, 0.6) is 0 Å². The smallest absolute Gasteiger partial charge is 0.394 e. The molecule has 104 valence electrons. The van der Waals surface area contributed by atoms with Crippen LogP contribution in [0.2, 0.25) is 0 Å². The quantitative estimate of drug-likeness (QED) is 0.857. The summed E-state index contributed by atoms with van der Waals surface area (Å²) in [5, 5.41) is 5.82. The Hall–Kier alpha value is -1.65. The fourth-order valence-corrected chi connectivity index (χ4v) is 2.37. The van der Waals surface area contributed by atoms with Crippen LogP contribution in [0.1, 0.15) is 30.0 Å². The van der Waals surface area contributed by atoms with Crippen LogP contribution in [0.25, 0.3) is 5.57 Å². The molecule has 0 fully saturated rings. The van der Waals surface area contributed by atoms with Gasteiger partial charge < -0.3 is 10.6 Å². The zero-order valence-corrected chi connectivity index (χ0v) is 11.0. The molecule has 1 aliphatic rings. The minimum absolute atomic E-state index is 0.254. The molecule has 0 radical (unpaired) electrons. The summed E-state index contributed by atoms with van der Waals surface area (Å²) in [5.41, 5.74) is 1.83. The summed E-state index contributed by atoms with van der Waals surface area (Å²) < 4.78 is 39.4. The number of hydrogen-bond donors (Lipinski definition) is 2. The van der Waals surface area contributed by atoms with Crippen LogP contribution >= 0.6 is 0 Å². The average molecular weight is 270 g/mol. The van der Waals surface area contributed by atoms with Gasteiger partial charge in [0.05, 0.1) is 5.56 Å². The molecule has 1 aromatic carbocycles. The number of rotatable bonds is 2. The number of hydrogen-bond acceptors (Lipinski definition) is 2. The topological polar surface area (TPSA) is 24.1 Å². The predicted octanol–water partition coefficient (Wildman–Crippen LogP) is 3.64. The van der Waals surface area contributed by atoms with E-state index in [0.717, 1.165) is 24.9 Å². The van der Waals surface area contributed by atoms with E-state index in [1.165, 1.54) is 6.07 Å². The van der Waals surface area contributed by atoms with E-state index < -0.39 is 11.7 Å². The molecule has 0 saturated heterocycles. The third kappa shape index (κ3) is 2.85. The molecule has 1 aliphatic heterocycles. The normalized spacial score (nSPS) is 15.7. The molecule has 0 aromatic heterocycles. The van der Waals surface area contributed by atoms with Gasteiger partial charge in [0.15, 0.2) is 0 Å². The van der Waals surface area contributed by atoms with Crippen molar-refractivity contribution in [3.05, 3.63) is 35.0 Å². The molecule has 2 nitrogen and oxygen atoms in total. The van der Waals surface area contributed by atoms with Gasteiger partial charge in [-0.15, -0.1) is 0 Å². The summed E-state index contributed by atoms with van der Waals surface area (Å²) in [7, 11) is 1.68. The maximum Gasteiger partial charge on any atom is 0.417 e. The van der Waals surface area contributed by atoms with Gasteiger partial charge in [0.25, 0.3) is 0 Å². The average Bonchev–Trinajstić information content (AvgIpc) is 2.36. The van der Waals surface area contributed by atoms with E-state index in [-0.39, 0.29) is 5.56 Å². The molecule has 0 saturated carbocycles. The van der Waals surface area contributed by atoms with Crippen molar-refractivity contribution in [2.75, 3.05) is 18.9 Å². The van der Waals surface area contributed by atoms with Gasteiger partial charge in [-0.05, 0) is 54.8 Å². The highest BCUT2D eigenvalue weighted by Crippen LogP contribution is 2.39. The van der Waals surface area contributed by atoms with E-state index in [1.54, 1.807) is 26.2 Å². The predicted molar refractivity (Wildman–Crippen MR) is 71.0 cm³/mol. The van der Waals surface area contributed by atoms with Crippen LogP contribution in [0.4, 0.5) is 18.9 Å². The molecule has 5 heteroatoms. The first-order valence-corrected chi connectivity index (χ1v) is 6.26. The first-order chi connectivity index (χ1) is 8.93. The van der Waals surface area contributed by atoms with E-state index in [4.69, 9.17) is 0 Å². The van der Waals surface area contributed by atoms with Crippen LogP contribution in [0.3, 0.4) is 0 Å². The Kier molecular flexibility index (Phi) is 3.73. The van der Waals surface area contributed by atoms with E-state index in [9.17, 15) is 13.2 Å². The molecule has 1 heterocycles. The third-order valence-corrected chi connectivity index (χ3v) is 3.27. The van der Waals surface area contributed by atoms with Gasteiger partial charge in [0.2, 0.25) is 0 Å². The lowest BCUT2D eigenvalue weighted by Gasteiger charge is -2.22. The zero-order valence-electron chi connectivity index (χ0n) is 11.0. The first kappa shape index (κ1) is 13.8. The van der Waals surface area contributed by atoms with Gasteiger partial charge in [0, 0.05) is 19.3 Å². The Morgan fingerprint density at radius 1 is 1.37 bits per heavy atom. The van der Waals surface area contributed by atoms with Crippen LogP contribution in [-0.2, 0) is 12.6 Å².